The summed E-state index contributed by atoms with van der Waals surface area (Å²) >= 11 is 0. The van der Waals surface area contributed by atoms with Crippen LogP contribution in [0.3, 0.4) is 0 Å². The second-order valence-corrected chi connectivity index (χ2v) is 5.93. The first-order valence-corrected chi connectivity index (χ1v) is 7.58. The Morgan fingerprint density at radius 1 is 1.26 bits per heavy atom. The number of ether oxygens (including phenoxy) is 1. The zero-order valence-corrected chi connectivity index (χ0v) is 13.6. The van der Waals surface area contributed by atoms with Crippen LogP contribution in [0.25, 0.3) is 11.4 Å². The van der Waals surface area contributed by atoms with Gasteiger partial charge >= 0.3 is 0 Å². The van der Waals surface area contributed by atoms with Crippen LogP contribution in [0.5, 0.6) is 0 Å². The summed E-state index contributed by atoms with van der Waals surface area (Å²) in [5.74, 6) is 1.55. The molecule has 2 aromatic rings. The molecule has 1 atom stereocenters. The molecular formula is C17H19N5O. The van der Waals surface area contributed by atoms with Gasteiger partial charge in [-0.25, -0.2) is 9.97 Å². The molecule has 3 heterocycles. The van der Waals surface area contributed by atoms with Crippen molar-refractivity contribution < 1.29 is 4.74 Å². The summed E-state index contributed by atoms with van der Waals surface area (Å²) in [4.78, 5) is 15.5. The third-order valence-electron chi connectivity index (χ3n) is 4.11. The van der Waals surface area contributed by atoms with E-state index >= 15 is 0 Å². The van der Waals surface area contributed by atoms with E-state index in [4.69, 9.17) is 9.72 Å². The van der Waals surface area contributed by atoms with Gasteiger partial charge in [-0.1, -0.05) is 0 Å². The lowest BCUT2D eigenvalue weighted by Gasteiger charge is -2.37. The molecule has 0 bridgehead atoms. The molecule has 6 nitrogen and oxygen atoms in total. The van der Waals surface area contributed by atoms with E-state index < -0.39 is 5.60 Å². The highest BCUT2D eigenvalue weighted by Crippen LogP contribution is 2.27. The largest absolute Gasteiger partial charge is 0.357 e. The Morgan fingerprint density at radius 3 is 2.70 bits per heavy atom. The zero-order valence-electron chi connectivity index (χ0n) is 13.6. The van der Waals surface area contributed by atoms with Gasteiger partial charge in [-0.2, -0.15) is 5.26 Å². The SMILES string of the molecule is Cc1nc(-c2ccncc2)nc(N2CCOC(C)(C#N)C2)c1C. The number of nitriles is 1. The lowest BCUT2D eigenvalue weighted by molar-refractivity contribution is -0.000226. The molecule has 1 unspecified atom stereocenters. The molecule has 23 heavy (non-hydrogen) atoms. The molecule has 0 spiro atoms. The Morgan fingerprint density at radius 2 is 2.00 bits per heavy atom. The third kappa shape index (κ3) is 3.01. The van der Waals surface area contributed by atoms with Crippen LogP contribution in [-0.4, -0.2) is 40.2 Å². The highest BCUT2D eigenvalue weighted by Gasteiger charge is 2.33. The Hall–Kier alpha value is -2.52. The standard InChI is InChI=1S/C17H19N5O/c1-12-13(2)20-15(14-4-6-19-7-5-14)21-16(12)22-8-9-23-17(3,10-18)11-22/h4-7H,8-9,11H2,1-3H3. The third-order valence-corrected chi connectivity index (χ3v) is 4.11. The van der Waals surface area contributed by atoms with Gasteiger partial charge in [-0.15, -0.1) is 0 Å². The predicted octanol–water partition coefficient (Wildman–Crippen LogP) is 2.27. The molecular weight excluding hydrogens is 290 g/mol. The first kappa shape index (κ1) is 15.4. The molecule has 1 aliphatic rings. The lowest BCUT2D eigenvalue weighted by Crippen LogP contribution is -2.50. The number of rotatable bonds is 2. The van der Waals surface area contributed by atoms with Crippen molar-refractivity contribution in [2.45, 2.75) is 26.4 Å². The number of pyridine rings is 1. The monoisotopic (exact) mass is 309 g/mol. The summed E-state index contributed by atoms with van der Waals surface area (Å²) in [6.45, 7) is 7.53. The van der Waals surface area contributed by atoms with Crippen LogP contribution in [-0.2, 0) is 4.74 Å². The molecule has 2 aromatic heterocycles. The van der Waals surface area contributed by atoms with Crippen molar-refractivity contribution in [2.24, 2.45) is 0 Å². The van der Waals surface area contributed by atoms with Gasteiger partial charge in [-0.3, -0.25) is 4.98 Å². The minimum Gasteiger partial charge on any atom is -0.357 e. The van der Waals surface area contributed by atoms with E-state index in [0.717, 1.165) is 22.6 Å². The first-order valence-electron chi connectivity index (χ1n) is 7.58. The summed E-state index contributed by atoms with van der Waals surface area (Å²) in [7, 11) is 0. The fourth-order valence-electron chi connectivity index (χ4n) is 2.67. The number of hydrogen-bond acceptors (Lipinski definition) is 6. The fourth-order valence-corrected chi connectivity index (χ4v) is 2.67. The number of nitrogens with zero attached hydrogens (tertiary/aromatic N) is 5. The van der Waals surface area contributed by atoms with Crippen molar-refractivity contribution in [2.75, 3.05) is 24.6 Å². The Kier molecular flexibility index (Phi) is 3.97. The highest BCUT2D eigenvalue weighted by atomic mass is 16.5. The van der Waals surface area contributed by atoms with Gasteiger partial charge in [0.1, 0.15) is 5.82 Å². The summed E-state index contributed by atoms with van der Waals surface area (Å²) in [5.41, 5.74) is 2.10. The van der Waals surface area contributed by atoms with Crippen LogP contribution in [0, 0.1) is 25.2 Å². The molecule has 0 aliphatic carbocycles. The van der Waals surface area contributed by atoms with Crippen LogP contribution in [0.15, 0.2) is 24.5 Å². The van der Waals surface area contributed by atoms with E-state index in [-0.39, 0.29) is 0 Å². The highest BCUT2D eigenvalue weighted by molar-refractivity contribution is 5.60. The molecule has 1 saturated heterocycles. The smallest absolute Gasteiger partial charge is 0.168 e. The van der Waals surface area contributed by atoms with Crippen LogP contribution in [0.2, 0.25) is 0 Å². The van der Waals surface area contributed by atoms with Gasteiger partial charge in [0.05, 0.1) is 19.2 Å². The summed E-state index contributed by atoms with van der Waals surface area (Å²) in [5, 5.41) is 9.33. The summed E-state index contributed by atoms with van der Waals surface area (Å²) in [6.07, 6.45) is 3.46. The van der Waals surface area contributed by atoms with E-state index in [1.54, 1.807) is 12.4 Å². The number of anilines is 1. The van der Waals surface area contributed by atoms with Crippen molar-refractivity contribution in [3.05, 3.63) is 35.8 Å². The number of aromatic nitrogens is 3. The van der Waals surface area contributed by atoms with Crippen molar-refractivity contribution in [1.29, 1.82) is 5.26 Å². The maximum atomic E-state index is 9.33. The maximum absolute atomic E-state index is 9.33. The quantitative estimate of drug-likeness (QED) is 0.847. The van der Waals surface area contributed by atoms with Crippen LogP contribution < -0.4 is 4.90 Å². The van der Waals surface area contributed by atoms with E-state index in [2.05, 4.69) is 20.9 Å². The first-order chi connectivity index (χ1) is 11.0. The predicted molar refractivity (Wildman–Crippen MR) is 86.9 cm³/mol. The van der Waals surface area contributed by atoms with Crippen molar-refractivity contribution >= 4 is 5.82 Å². The zero-order chi connectivity index (χ0) is 16.4. The van der Waals surface area contributed by atoms with Gasteiger partial charge < -0.3 is 9.64 Å². The summed E-state index contributed by atoms with van der Waals surface area (Å²) < 4.78 is 5.60. The lowest BCUT2D eigenvalue weighted by atomic mass is 10.1. The molecule has 0 radical (unpaired) electrons. The van der Waals surface area contributed by atoms with Gasteiger partial charge in [-0.05, 0) is 32.9 Å². The van der Waals surface area contributed by atoms with Gasteiger partial charge in [0.2, 0.25) is 0 Å². The molecule has 0 saturated carbocycles. The normalized spacial score (nSPS) is 21.0. The van der Waals surface area contributed by atoms with Gasteiger partial charge in [0.25, 0.3) is 0 Å². The van der Waals surface area contributed by atoms with Crippen LogP contribution in [0.1, 0.15) is 18.2 Å². The molecule has 1 fully saturated rings. The van der Waals surface area contributed by atoms with E-state index in [1.807, 2.05) is 32.9 Å². The average Bonchev–Trinajstić information content (AvgIpc) is 2.58. The van der Waals surface area contributed by atoms with Crippen molar-refractivity contribution in [3.63, 3.8) is 0 Å². The number of morpholine rings is 1. The maximum Gasteiger partial charge on any atom is 0.168 e. The van der Waals surface area contributed by atoms with Gasteiger partial charge in [0.15, 0.2) is 11.4 Å². The number of hydrogen-bond donors (Lipinski definition) is 0. The van der Waals surface area contributed by atoms with Crippen molar-refractivity contribution in [3.8, 4) is 17.5 Å². The summed E-state index contributed by atoms with van der Waals surface area (Å²) in [6, 6.07) is 6.04. The van der Waals surface area contributed by atoms with Crippen LogP contribution >= 0.6 is 0 Å². The van der Waals surface area contributed by atoms with Crippen molar-refractivity contribution in [1.82, 2.24) is 15.0 Å². The Bertz CT molecular complexity index is 756. The fraction of sp³-hybridized carbons (Fsp3) is 0.412. The molecule has 0 aromatic carbocycles. The van der Waals surface area contributed by atoms with Gasteiger partial charge in [0, 0.05) is 35.8 Å². The molecule has 0 amide bonds. The van der Waals surface area contributed by atoms with E-state index in [0.29, 0.717) is 25.5 Å². The molecule has 3 rings (SSSR count). The van der Waals surface area contributed by atoms with E-state index in [1.165, 1.54) is 0 Å². The molecule has 118 valence electrons. The minimum atomic E-state index is -0.805. The topological polar surface area (TPSA) is 74.9 Å². The Balaban J connectivity index is 2.02. The molecule has 0 N–H and O–H groups in total. The van der Waals surface area contributed by atoms with E-state index in [9.17, 15) is 5.26 Å². The molecule has 6 heteroatoms. The average molecular weight is 309 g/mol. The molecule has 1 aliphatic heterocycles. The second kappa shape index (κ2) is 5.94. The van der Waals surface area contributed by atoms with Crippen LogP contribution in [0.4, 0.5) is 5.82 Å². The Labute approximate surface area is 135 Å². The number of aryl methyl sites for hydroxylation is 1. The minimum absolute atomic E-state index is 0.497. The second-order valence-electron chi connectivity index (χ2n) is 5.93.